The number of alkyl halides is 1. The molecule has 1 aromatic rings. The molecule has 2 rings (SSSR count). The van der Waals surface area contributed by atoms with E-state index in [0.717, 1.165) is 18.2 Å². The van der Waals surface area contributed by atoms with Crippen molar-refractivity contribution in [1.29, 1.82) is 0 Å². The van der Waals surface area contributed by atoms with Crippen molar-refractivity contribution in [2.75, 3.05) is 5.33 Å². The molecule has 0 radical (unpaired) electrons. The monoisotopic (exact) mass is 268 g/mol. The van der Waals surface area contributed by atoms with Gasteiger partial charge in [-0.15, -0.1) is 0 Å². The summed E-state index contributed by atoms with van der Waals surface area (Å²) in [5, 5.41) is 0.967. The lowest BCUT2D eigenvalue weighted by molar-refractivity contribution is 0.296. The fourth-order valence-corrected chi connectivity index (χ4v) is 2.81. The van der Waals surface area contributed by atoms with Gasteiger partial charge in [-0.25, -0.2) is 0 Å². The van der Waals surface area contributed by atoms with Gasteiger partial charge in [-0.05, 0) is 31.7 Å². The molecule has 0 aliphatic carbocycles. The van der Waals surface area contributed by atoms with E-state index < -0.39 is 0 Å². The Bertz CT molecular complexity index is 312. The topological polar surface area (TPSA) is 12.5 Å². The van der Waals surface area contributed by atoms with Crippen LogP contribution >= 0.6 is 15.9 Å². The second kappa shape index (κ2) is 4.67. The standard InChI is InChI=1S/C13H17BrO/c1-13(12(10-14)15-13)9-5-8-11-6-3-2-4-7-11/h2-4,6-7,12H,5,8-10H2,1H3. The molecule has 1 nitrogen and oxygen atoms in total. The van der Waals surface area contributed by atoms with Crippen LogP contribution in [0.4, 0.5) is 0 Å². The molecule has 1 aliphatic heterocycles. The van der Waals surface area contributed by atoms with Gasteiger partial charge in [0.25, 0.3) is 0 Å². The zero-order chi connectivity index (χ0) is 10.7. The largest absolute Gasteiger partial charge is 0.365 e. The van der Waals surface area contributed by atoms with Crippen molar-refractivity contribution in [3.05, 3.63) is 35.9 Å². The third-order valence-corrected chi connectivity index (χ3v) is 3.75. The lowest BCUT2D eigenvalue weighted by atomic mass is 9.99. The molecule has 2 atom stereocenters. The Morgan fingerprint density at radius 2 is 2.07 bits per heavy atom. The number of aryl methyl sites for hydroxylation is 1. The minimum Gasteiger partial charge on any atom is -0.365 e. The van der Waals surface area contributed by atoms with Crippen LogP contribution in [0.25, 0.3) is 0 Å². The van der Waals surface area contributed by atoms with E-state index >= 15 is 0 Å². The van der Waals surface area contributed by atoms with E-state index in [1.807, 2.05) is 0 Å². The smallest absolute Gasteiger partial charge is 0.0967 e. The van der Waals surface area contributed by atoms with E-state index in [2.05, 4.69) is 53.2 Å². The number of benzene rings is 1. The number of ether oxygens (including phenoxy) is 1. The molecule has 2 heteroatoms. The van der Waals surface area contributed by atoms with E-state index in [-0.39, 0.29) is 5.60 Å². The number of halogens is 1. The van der Waals surface area contributed by atoms with Crippen molar-refractivity contribution >= 4 is 15.9 Å². The van der Waals surface area contributed by atoms with E-state index in [0.29, 0.717) is 6.10 Å². The van der Waals surface area contributed by atoms with E-state index in [9.17, 15) is 0 Å². The van der Waals surface area contributed by atoms with Gasteiger partial charge < -0.3 is 4.74 Å². The summed E-state index contributed by atoms with van der Waals surface area (Å²) in [6.45, 7) is 2.21. The Morgan fingerprint density at radius 3 is 2.67 bits per heavy atom. The molecule has 1 saturated heterocycles. The average Bonchev–Trinajstić information content (AvgIpc) is 2.91. The first-order valence-corrected chi connectivity index (χ1v) is 6.64. The van der Waals surface area contributed by atoms with Gasteiger partial charge in [0.2, 0.25) is 0 Å². The third-order valence-electron chi connectivity index (χ3n) is 3.16. The first-order valence-electron chi connectivity index (χ1n) is 5.52. The Kier molecular flexibility index (Phi) is 3.47. The second-order valence-electron chi connectivity index (χ2n) is 4.41. The maximum atomic E-state index is 5.64. The highest BCUT2D eigenvalue weighted by molar-refractivity contribution is 9.09. The maximum Gasteiger partial charge on any atom is 0.0967 e. The highest BCUT2D eigenvalue weighted by atomic mass is 79.9. The first-order chi connectivity index (χ1) is 7.24. The summed E-state index contributed by atoms with van der Waals surface area (Å²) in [6, 6.07) is 10.7. The van der Waals surface area contributed by atoms with Gasteiger partial charge in [-0.1, -0.05) is 46.3 Å². The van der Waals surface area contributed by atoms with Crippen LogP contribution in [0.2, 0.25) is 0 Å². The molecule has 0 aromatic heterocycles. The summed E-state index contributed by atoms with van der Waals surface area (Å²) >= 11 is 3.46. The van der Waals surface area contributed by atoms with Crippen molar-refractivity contribution in [1.82, 2.24) is 0 Å². The van der Waals surface area contributed by atoms with Gasteiger partial charge in [-0.3, -0.25) is 0 Å². The highest BCUT2D eigenvalue weighted by Crippen LogP contribution is 2.41. The fourth-order valence-electron chi connectivity index (χ4n) is 1.99. The van der Waals surface area contributed by atoms with Gasteiger partial charge in [0.1, 0.15) is 0 Å². The second-order valence-corrected chi connectivity index (χ2v) is 5.06. The predicted molar refractivity (Wildman–Crippen MR) is 66.5 cm³/mol. The van der Waals surface area contributed by atoms with Gasteiger partial charge in [0, 0.05) is 5.33 Å². The molecule has 1 aromatic carbocycles. The van der Waals surface area contributed by atoms with Crippen LogP contribution in [0.3, 0.4) is 0 Å². The lowest BCUT2D eigenvalue weighted by Crippen LogP contribution is -2.10. The summed E-state index contributed by atoms with van der Waals surface area (Å²) < 4.78 is 5.64. The van der Waals surface area contributed by atoms with Crippen LogP contribution < -0.4 is 0 Å². The van der Waals surface area contributed by atoms with Crippen molar-refractivity contribution < 1.29 is 4.74 Å². The van der Waals surface area contributed by atoms with Gasteiger partial charge in [0.15, 0.2) is 0 Å². The summed E-state index contributed by atoms with van der Waals surface area (Å²) in [4.78, 5) is 0. The molecule has 1 heterocycles. The minimum atomic E-state index is 0.151. The molecule has 1 fully saturated rings. The van der Waals surface area contributed by atoms with Gasteiger partial charge in [-0.2, -0.15) is 0 Å². The quantitative estimate of drug-likeness (QED) is 0.588. The molecule has 0 bridgehead atoms. The predicted octanol–water partition coefficient (Wildman–Crippen LogP) is 3.56. The van der Waals surface area contributed by atoms with Crippen LogP contribution in [0, 0.1) is 0 Å². The van der Waals surface area contributed by atoms with Crippen molar-refractivity contribution in [3.63, 3.8) is 0 Å². The van der Waals surface area contributed by atoms with Gasteiger partial charge >= 0.3 is 0 Å². The normalized spacial score (nSPS) is 29.1. The molecule has 0 saturated carbocycles. The fraction of sp³-hybridized carbons (Fsp3) is 0.538. The van der Waals surface area contributed by atoms with Crippen LogP contribution in [-0.4, -0.2) is 17.0 Å². The summed E-state index contributed by atoms with van der Waals surface area (Å²) in [7, 11) is 0. The third kappa shape index (κ3) is 2.82. The van der Waals surface area contributed by atoms with E-state index in [1.165, 1.54) is 12.0 Å². The molecule has 0 amide bonds. The van der Waals surface area contributed by atoms with E-state index in [4.69, 9.17) is 4.74 Å². The van der Waals surface area contributed by atoms with E-state index in [1.54, 1.807) is 0 Å². The van der Waals surface area contributed by atoms with Crippen LogP contribution in [-0.2, 0) is 11.2 Å². The van der Waals surface area contributed by atoms with Crippen LogP contribution in [0.15, 0.2) is 30.3 Å². The van der Waals surface area contributed by atoms with Crippen molar-refractivity contribution in [3.8, 4) is 0 Å². The molecular formula is C13H17BrO. The lowest BCUT2D eigenvalue weighted by Gasteiger charge is -2.05. The number of rotatable bonds is 5. The summed E-state index contributed by atoms with van der Waals surface area (Å²) in [5.74, 6) is 0. The molecule has 15 heavy (non-hydrogen) atoms. The molecular weight excluding hydrogens is 252 g/mol. The van der Waals surface area contributed by atoms with Crippen LogP contribution in [0.1, 0.15) is 25.3 Å². The minimum absolute atomic E-state index is 0.151. The summed E-state index contributed by atoms with van der Waals surface area (Å²) in [5.41, 5.74) is 1.58. The Morgan fingerprint density at radius 1 is 1.33 bits per heavy atom. The number of epoxide rings is 1. The highest BCUT2D eigenvalue weighted by Gasteiger charge is 2.50. The Hall–Kier alpha value is -0.340. The Labute approximate surface area is 100.0 Å². The number of hydrogen-bond donors (Lipinski definition) is 0. The molecule has 82 valence electrons. The SMILES string of the molecule is CC1(CCCc2ccccc2)OC1CBr. The zero-order valence-electron chi connectivity index (χ0n) is 9.08. The van der Waals surface area contributed by atoms with Crippen LogP contribution in [0.5, 0.6) is 0 Å². The first kappa shape index (κ1) is 11.2. The summed E-state index contributed by atoms with van der Waals surface area (Å²) in [6.07, 6.45) is 3.98. The Balaban J connectivity index is 1.72. The van der Waals surface area contributed by atoms with Gasteiger partial charge in [0.05, 0.1) is 11.7 Å². The molecule has 0 N–H and O–H groups in total. The molecule has 1 aliphatic rings. The van der Waals surface area contributed by atoms with Crippen molar-refractivity contribution in [2.24, 2.45) is 0 Å². The zero-order valence-corrected chi connectivity index (χ0v) is 10.7. The van der Waals surface area contributed by atoms with Crippen molar-refractivity contribution in [2.45, 2.75) is 37.9 Å². The molecule has 2 unspecified atom stereocenters. The maximum absolute atomic E-state index is 5.64. The average molecular weight is 269 g/mol. The molecule has 0 spiro atoms. The number of hydrogen-bond acceptors (Lipinski definition) is 1.